The highest BCUT2D eigenvalue weighted by Crippen LogP contribution is 2.25. The lowest BCUT2D eigenvalue weighted by Gasteiger charge is -2.01. The van der Waals surface area contributed by atoms with Crippen LogP contribution in [0.2, 0.25) is 0 Å². The Balaban J connectivity index is 2.57. The average molecular weight is 203 g/mol. The summed E-state index contributed by atoms with van der Waals surface area (Å²) in [6, 6.07) is 6.14. The molecule has 1 aromatic carbocycles. The molecule has 0 saturated heterocycles. The number of aromatic amines is 1. The molecule has 0 amide bonds. The molecular weight excluding hydrogens is 194 g/mol. The zero-order valence-electron chi connectivity index (χ0n) is 7.77. The molecule has 0 unspecified atom stereocenters. The third-order valence-corrected chi connectivity index (χ3v) is 2.05. The fourth-order valence-corrected chi connectivity index (χ4v) is 1.37. The van der Waals surface area contributed by atoms with Crippen molar-refractivity contribution in [3.63, 3.8) is 0 Å². The minimum absolute atomic E-state index is 0.0494. The Morgan fingerprint density at radius 3 is 2.80 bits per heavy atom. The van der Waals surface area contributed by atoms with Crippen molar-refractivity contribution in [3.8, 4) is 17.0 Å². The number of nitrogen functional groups attached to an aromatic ring is 1. The Morgan fingerprint density at radius 1 is 1.40 bits per heavy atom. The van der Waals surface area contributed by atoms with E-state index in [9.17, 15) is 9.90 Å². The van der Waals surface area contributed by atoms with E-state index in [0.29, 0.717) is 28.9 Å². The lowest BCUT2D eigenvalue weighted by atomic mass is 10.1. The second kappa shape index (κ2) is 3.45. The zero-order valence-corrected chi connectivity index (χ0v) is 7.77. The van der Waals surface area contributed by atoms with Crippen LogP contribution < -0.4 is 5.73 Å². The third-order valence-electron chi connectivity index (χ3n) is 2.05. The summed E-state index contributed by atoms with van der Waals surface area (Å²) in [5, 5.41) is 15.7. The predicted octanol–water partition coefficient (Wildman–Crippen LogP) is 1.18. The van der Waals surface area contributed by atoms with E-state index in [4.69, 9.17) is 5.73 Å². The fraction of sp³-hybridized carbons (Fsp3) is 0. The summed E-state index contributed by atoms with van der Waals surface area (Å²) in [5.74, 6) is 0.406. The van der Waals surface area contributed by atoms with E-state index in [2.05, 4.69) is 10.2 Å². The first-order valence-corrected chi connectivity index (χ1v) is 4.30. The number of nitrogens with one attached hydrogen (secondary N) is 1. The highest BCUT2D eigenvalue weighted by Gasteiger charge is 2.07. The molecule has 0 bridgehead atoms. The van der Waals surface area contributed by atoms with Crippen molar-refractivity contribution in [2.45, 2.75) is 0 Å². The van der Waals surface area contributed by atoms with Crippen LogP contribution in [0.5, 0.6) is 5.75 Å². The summed E-state index contributed by atoms with van der Waals surface area (Å²) < 4.78 is 0. The number of carbonyl (C=O) groups is 1. The maximum Gasteiger partial charge on any atom is 0.150 e. The van der Waals surface area contributed by atoms with Crippen molar-refractivity contribution < 1.29 is 9.90 Å². The van der Waals surface area contributed by atoms with Gasteiger partial charge in [0.05, 0.1) is 5.69 Å². The van der Waals surface area contributed by atoms with Gasteiger partial charge in [-0.2, -0.15) is 5.10 Å². The maximum absolute atomic E-state index is 10.8. The number of rotatable bonds is 2. The summed E-state index contributed by atoms with van der Waals surface area (Å²) in [5.41, 5.74) is 7.15. The number of aromatic hydroxyl groups is 1. The van der Waals surface area contributed by atoms with Crippen molar-refractivity contribution in [2.24, 2.45) is 0 Å². The molecule has 4 N–H and O–H groups in total. The Bertz CT molecular complexity index is 505. The largest absolute Gasteiger partial charge is 0.508 e. The number of benzene rings is 1. The van der Waals surface area contributed by atoms with Crippen LogP contribution in [-0.4, -0.2) is 21.6 Å². The lowest BCUT2D eigenvalue weighted by Crippen LogP contribution is -1.87. The molecule has 2 aromatic rings. The molecule has 2 rings (SSSR count). The first-order valence-electron chi connectivity index (χ1n) is 4.30. The number of nitrogens with zero attached hydrogens (tertiary/aromatic N) is 1. The SMILES string of the molecule is Nc1cc(-c2ccc(O)cc2C=O)[nH]n1. The Labute approximate surface area is 85.5 Å². The van der Waals surface area contributed by atoms with Gasteiger partial charge in [-0.25, -0.2) is 0 Å². The standard InChI is InChI=1S/C10H9N3O2/c11-10-4-9(12-13-10)8-2-1-7(15)3-6(8)5-14/h1-5,15H,(H3,11,12,13). The van der Waals surface area contributed by atoms with Gasteiger partial charge in [0.15, 0.2) is 6.29 Å². The number of hydrogen-bond donors (Lipinski definition) is 3. The number of phenols is 1. The highest BCUT2D eigenvalue weighted by atomic mass is 16.3. The monoisotopic (exact) mass is 203 g/mol. The highest BCUT2D eigenvalue weighted by molar-refractivity contribution is 5.87. The smallest absolute Gasteiger partial charge is 0.150 e. The van der Waals surface area contributed by atoms with Crippen LogP contribution in [0, 0.1) is 0 Å². The molecule has 0 saturated carbocycles. The van der Waals surface area contributed by atoms with E-state index < -0.39 is 0 Å². The van der Waals surface area contributed by atoms with E-state index >= 15 is 0 Å². The number of phenolic OH excluding ortho intramolecular Hbond substituents is 1. The predicted molar refractivity (Wildman–Crippen MR) is 55.5 cm³/mol. The van der Waals surface area contributed by atoms with Gasteiger partial charge in [0.25, 0.3) is 0 Å². The molecule has 0 spiro atoms. The van der Waals surface area contributed by atoms with Gasteiger partial charge in [-0.15, -0.1) is 0 Å². The van der Waals surface area contributed by atoms with Crippen LogP contribution in [0.25, 0.3) is 11.3 Å². The minimum atomic E-state index is 0.0494. The molecule has 0 aliphatic carbocycles. The Hall–Kier alpha value is -2.30. The zero-order chi connectivity index (χ0) is 10.8. The van der Waals surface area contributed by atoms with Gasteiger partial charge in [0.2, 0.25) is 0 Å². The van der Waals surface area contributed by atoms with Gasteiger partial charge in [-0.3, -0.25) is 9.89 Å². The van der Waals surface area contributed by atoms with Gasteiger partial charge < -0.3 is 10.8 Å². The van der Waals surface area contributed by atoms with Crippen LogP contribution in [-0.2, 0) is 0 Å². The van der Waals surface area contributed by atoms with Crippen LogP contribution in [0.15, 0.2) is 24.3 Å². The normalized spacial score (nSPS) is 10.1. The lowest BCUT2D eigenvalue weighted by molar-refractivity contribution is 0.112. The first-order chi connectivity index (χ1) is 7.20. The molecule has 0 aliphatic heterocycles. The van der Waals surface area contributed by atoms with Crippen molar-refractivity contribution in [2.75, 3.05) is 5.73 Å². The molecule has 5 nitrogen and oxygen atoms in total. The van der Waals surface area contributed by atoms with E-state index in [1.54, 1.807) is 12.1 Å². The second-order valence-electron chi connectivity index (χ2n) is 3.10. The van der Waals surface area contributed by atoms with Crippen LogP contribution in [0.1, 0.15) is 10.4 Å². The molecule has 76 valence electrons. The van der Waals surface area contributed by atoms with E-state index in [-0.39, 0.29) is 5.75 Å². The van der Waals surface area contributed by atoms with Crippen LogP contribution >= 0.6 is 0 Å². The number of aldehydes is 1. The molecule has 0 fully saturated rings. The fourth-order valence-electron chi connectivity index (χ4n) is 1.37. The molecule has 0 radical (unpaired) electrons. The molecule has 15 heavy (non-hydrogen) atoms. The van der Waals surface area contributed by atoms with Gasteiger partial charge in [-0.1, -0.05) is 0 Å². The number of H-pyrrole nitrogens is 1. The van der Waals surface area contributed by atoms with Crippen molar-refractivity contribution in [1.82, 2.24) is 10.2 Å². The number of nitrogens with two attached hydrogens (primary N) is 1. The topological polar surface area (TPSA) is 92.0 Å². The maximum atomic E-state index is 10.8. The number of aromatic nitrogens is 2. The van der Waals surface area contributed by atoms with Crippen molar-refractivity contribution >= 4 is 12.1 Å². The number of anilines is 1. The van der Waals surface area contributed by atoms with Gasteiger partial charge in [0, 0.05) is 17.2 Å². The van der Waals surface area contributed by atoms with Gasteiger partial charge in [0.1, 0.15) is 11.6 Å². The molecule has 1 heterocycles. The van der Waals surface area contributed by atoms with Crippen molar-refractivity contribution in [3.05, 3.63) is 29.8 Å². The van der Waals surface area contributed by atoms with E-state index in [1.807, 2.05) is 0 Å². The van der Waals surface area contributed by atoms with Crippen LogP contribution in [0.3, 0.4) is 0 Å². The van der Waals surface area contributed by atoms with E-state index in [1.165, 1.54) is 12.1 Å². The summed E-state index contributed by atoms with van der Waals surface area (Å²) in [4.78, 5) is 10.8. The Morgan fingerprint density at radius 2 is 2.20 bits per heavy atom. The first kappa shape index (κ1) is 9.26. The summed E-state index contributed by atoms with van der Waals surface area (Å²) in [6.45, 7) is 0. The summed E-state index contributed by atoms with van der Waals surface area (Å²) >= 11 is 0. The van der Waals surface area contributed by atoms with Crippen LogP contribution in [0.4, 0.5) is 5.82 Å². The van der Waals surface area contributed by atoms with E-state index in [0.717, 1.165) is 0 Å². The van der Waals surface area contributed by atoms with Crippen molar-refractivity contribution in [1.29, 1.82) is 0 Å². The van der Waals surface area contributed by atoms with Gasteiger partial charge in [-0.05, 0) is 18.2 Å². The Kier molecular flexibility index (Phi) is 2.13. The van der Waals surface area contributed by atoms with Gasteiger partial charge >= 0.3 is 0 Å². The number of hydrogen-bond acceptors (Lipinski definition) is 4. The summed E-state index contributed by atoms with van der Waals surface area (Å²) in [7, 11) is 0. The average Bonchev–Trinajstić information content (AvgIpc) is 2.64. The molecular formula is C10H9N3O2. The molecule has 0 aliphatic rings. The third kappa shape index (κ3) is 1.67. The second-order valence-corrected chi connectivity index (χ2v) is 3.10. The minimum Gasteiger partial charge on any atom is -0.508 e. The molecule has 0 atom stereocenters. The summed E-state index contributed by atoms with van der Waals surface area (Å²) in [6.07, 6.45) is 0.673. The molecule has 5 heteroatoms. The molecule has 1 aromatic heterocycles. The quantitative estimate of drug-likeness (QED) is 0.639. The number of carbonyl (C=O) groups excluding carboxylic acids is 1.